The van der Waals surface area contributed by atoms with Crippen molar-refractivity contribution in [3.8, 4) is 0 Å². The van der Waals surface area contributed by atoms with Gasteiger partial charge in [-0.05, 0) is 31.4 Å². The first-order valence-corrected chi connectivity index (χ1v) is 6.66. The summed E-state index contributed by atoms with van der Waals surface area (Å²) in [4.78, 5) is 4.34. The fourth-order valence-electron chi connectivity index (χ4n) is 2.29. The van der Waals surface area contributed by atoms with E-state index >= 15 is 0 Å². The molecule has 1 aliphatic heterocycles. The summed E-state index contributed by atoms with van der Waals surface area (Å²) in [5, 5.41) is 0. The van der Waals surface area contributed by atoms with E-state index in [1.54, 1.807) is 0 Å². The number of para-hydroxylation sites is 1. The first-order chi connectivity index (χ1) is 9.33. The van der Waals surface area contributed by atoms with Gasteiger partial charge < -0.3 is 19.6 Å². The van der Waals surface area contributed by atoms with Gasteiger partial charge in [0.25, 0.3) is 0 Å². The highest BCUT2D eigenvalue weighted by Gasteiger charge is 2.14. The van der Waals surface area contributed by atoms with Crippen LogP contribution in [0, 0.1) is 0 Å². The lowest BCUT2D eigenvalue weighted by atomic mass is 10.1. The van der Waals surface area contributed by atoms with Crippen LogP contribution < -0.4 is 5.73 Å². The standard InChI is InChI=1S/C14H18N2O3/c15-11-5-3-6-12-14(11)16-13(19-12)9-17-8-10-4-1-2-7-18-10/h3,5-6,10H,1-2,4,7-9,15H2. The molecule has 1 atom stereocenters. The van der Waals surface area contributed by atoms with Crippen molar-refractivity contribution in [2.45, 2.75) is 32.0 Å². The van der Waals surface area contributed by atoms with Gasteiger partial charge >= 0.3 is 0 Å². The van der Waals surface area contributed by atoms with Gasteiger partial charge in [-0.1, -0.05) is 6.07 Å². The Hall–Kier alpha value is -1.59. The summed E-state index contributed by atoms with van der Waals surface area (Å²) >= 11 is 0. The molecule has 3 rings (SSSR count). The molecular formula is C14H18N2O3. The van der Waals surface area contributed by atoms with E-state index in [4.69, 9.17) is 19.6 Å². The minimum absolute atomic E-state index is 0.211. The number of anilines is 1. The van der Waals surface area contributed by atoms with Gasteiger partial charge in [-0.15, -0.1) is 0 Å². The predicted molar refractivity (Wildman–Crippen MR) is 71.7 cm³/mol. The fraction of sp³-hybridized carbons (Fsp3) is 0.500. The molecular weight excluding hydrogens is 244 g/mol. The zero-order chi connectivity index (χ0) is 13.1. The maximum atomic E-state index is 5.83. The molecule has 1 unspecified atom stereocenters. The number of nitrogen functional groups attached to an aromatic ring is 1. The number of oxazole rings is 1. The van der Waals surface area contributed by atoms with Crippen molar-refractivity contribution in [1.29, 1.82) is 0 Å². The van der Waals surface area contributed by atoms with Gasteiger partial charge in [0.05, 0.1) is 18.4 Å². The van der Waals surface area contributed by atoms with Gasteiger partial charge in [-0.2, -0.15) is 0 Å². The second kappa shape index (κ2) is 5.59. The molecule has 0 aliphatic carbocycles. The van der Waals surface area contributed by atoms with E-state index in [9.17, 15) is 0 Å². The number of hydrogen-bond acceptors (Lipinski definition) is 5. The average Bonchev–Trinajstić information content (AvgIpc) is 2.84. The topological polar surface area (TPSA) is 70.5 Å². The Balaban J connectivity index is 1.57. The van der Waals surface area contributed by atoms with E-state index in [0.717, 1.165) is 19.4 Å². The molecule has 0 spiro atoms. The molecule has 2 heterocycles. The third-order valence-corrected chi connectivity index (χ3v) is 3.30. The highest BCUT2D eigenvalue weighted by molar-refractivity contribution is 5.85. The van der Waals surface area contributed by atoms with E-state index < -0.39 is 0 Å². The molecule has 5 nitrogen and oxygen atoms in total. The Kier molecular flexibility index (Phi) is 3.66. The number of aromatic nitrogens is 1. The molecule has 2 N–H and O–H groups in total. The van der Waals surface area contributed by atoms with Crippen molar-refractivity contribution >= 4 is 16.8 Å². The highest BCUT2D eigenvalue weighted by Crippen LogP contribution is 2.21. The summed E-state index contributed by atoms with van der Waals surface area (Å²) in [5.41, 5.74) is 7.86. The van der Waals surface area contributed by atoms with Gasteiger partial charge in [0, 0.05) is 6.61 Å². The fourth-order valence-corrected chi connectivity index (χ4v) is 2.29. The van der Waals surface area contributed by atoms with Gasteiger partial charge in [0.1, 0.15) is 12.1 Å². The Morgan fingerprint density at radius 1 is 1.37 bits per heavy atom. The first kappa shape index (κ1) is 12.4. The third-order valence-electron chi connectivity index (χ3n) is 3.30. The zero-order valence-electron chi connectivity index (χ0n) is 10.8. The maximum Gasteiger partial charge on any atom is 0.221 e. The first-order valence-electron chi connectivity index (χ1n) is 6.66. The Bertz CT molecular complexity index is 547. The van der Waals surface area contributed by atoms with Crippen molar-refractivity contribution in [3.05, 3.63) is 24.1 Å². The summed E-state index contributed by atoms with van der Waals surface area (Å²) < 4.78 is 16.8. The second-order valence-electron chi connectivity index (χ2n) is 4.81. The summed E-state index contributed by atoms with van der Waals surface area (Å²) in [6.45, 7) is 1.79. The summed E-state index contributed by atoms with van der Waals surface area (Å²) in [5.74, 6) is 0.559. The van der Waals surface area contributed by atoms with Crippen LogP contribution in [0.15, 0.2) is 22.6 Å². The molecule has 0 saturated carbocycles. The molecule has 1 fully saturated rings. The summed E-state index contributed by atoms with van der Waals surface area (Å²) in [6, 6.07) is 5.52. The van der Waals surface area contributed by atoms with Crippen molar-refractivity contribution in [3.63, 3.8) is 0 Å². The van der Waals surface area contributed by atoms with Gasteiger partial charge in [0.2, 0.25) is 5.89 Å². The lowest BCUT2D eigenvalue weighted by molar-refractivity contribution is -0.0477. The Labute approximate surface area is 111 Å². The predicted octanol–water partition coefficient (Wildman–Crippen LogP) is 2.50. The van der Waals surface area contributed by atoms with Crippen LogP contribution in [0.3, 0.4) is 0 Å². The van der Waals surface area contributed by atoms with Crippen LogP contribution in [-0.4, -0.2) is 24.3 Å². The van der Waals surface area contributed by atoms with E-state index in [2.05, 4.69) is 4.98 Å². The highest BCUT2D eigenvalue weighted by atomic mass is 16.5. The quantitative estimate of drug-likeness (QED) is 0.857. The van der Waals surface area contributed by atoms with E-state index in [1.807, 2.05) is 18.2 Å². The van der Waals surface area contributed by atoms with Gasteiger partial charge in [-0.25, -0.2) is 4.98 Å². The molecule has 2 aromatic rings. The monoisotopic (exact) mass is 262 g/mol. The lowest BCUT2D eigenvalue weighted by Gasteiger charge is -2.21. The van der Waals surface area contributed by atoms with Crippen molar-refractivity contribution < 1.29 is 13.9 Å². The van der Waals surface area contributed by atoms with E-state index in [-0.39, 0.29) is 6.10 Å². The normalized spacial score (nSPS) is 19.9. The molecule has 0 radical (unpaired) electrons. The lowest BCUT2D eigenvalue weighted by Crippen LogP contribution is -2.24. The Morgan fingerprint density at radius 3 is 3.11 bits per heavy atom. The minimum Gasteiger partial charge on any atom is -0.438 e. The maximum absolute atomic E-state index is 5.83. The largest absolute Gasteiger partial charge is 0.438 e. The number of nitrogens with two attached hydrogens (primary N) is 1. The molecule has 102 valence electrons. The summed E-state index contributed by atoms with van der Waals surface area (Å²) in [7, 11) is 0. The van der Waals surface area contributed by atoms with Crippen molar-refractivity contribution in [2.75, 3.05) is 18.9 Å². The zero-order valence-corrected chi connectivity index (χ0v) is 10.8. The molecule has 1 aromatic heterocycles. The summed E-state index contributed by atoms with van der Waals surface area (Å²) in [6.07, 6.45) is 3.65. The van der Waals surface area contributed by atoms with Crippen LogP contribution in [0.25, 0.3) is 11.1 Å². The third kappa shape index (κ3) is 2.88. The van der Waals surface area contributed by atoms with Crippen LogP contribution in [-0.2, 0) is 16.1 Å². The molecule has 5 heteroatoms. The number of fused-ring (bicyclic) bond motifs is 1. The number of nitrogens with zero attached hydrogens (tertiary/aromatic N) is 1. The molecule has 0 amide bonds. The van der Waals surface area contributed by atoms with Crippen molar-refractivity contribution in [1.82, 2.24) is 4.98 Å². The minimum atomic E-state index is 0.211. The van der Waals surface area contributed by atoms with Crippen LogP contribution in [0.4, 0.5) is 5.69 Å². The number of ether oxygens (including phenoxy) is 2. The number of hydrogen-bond donors (Lipinski definition) is 1. The van der Waals surface area contributed by atoms with Gasteiger partial charge in [0.15, 0.2) is 5.58 Å². The molecule has 1 aliphatic rings. The smallest absolute Gasteiger partial charge is 0.221 e. The molecule has 19 heavy (non-hydrogen) atoms. The SMILES string of the molecule is Nc1cccc2oc(COCC3CCCCO3)nc12. The Morgan fingerprint density at radius 2 is 2.32 bits per heavy atom. The second-order valence-corrected chi connectivity index (χ2v) is 4.81. The van der Waals surface area contributed by atoms with Crippen LogP contribution in [0.5, 0.6) is 0 Å². The van der Waals surface area contributed by atoms with Crippen LogP contribution in [0.2, 0.25) is 0 Å². The molecule has 1 saturated heterocycles. The molecule has 1 aromatic carbocycles. The van der Waals surface area contributed by atoms with Gasteiger partial charge in [-0.3, -0.25) is 0 Å². The average molecular weight is 262 g/mol. The van der Waals surface area contributed by atoms with Crippen molar-refractivity contribution in [2.24, 2.45) is 0 Å². The van der Waals surface area contributed by atoms with E-state index in [0.29, 0.717) is 35.9 Å². The van der Waals surface area contributed by atoms with E-state index in [1.165, 1.54) is 6.42 Å². The number of benzene rings is 1. The van der Waals surface area contributed by atoms with Crippen LogP contribution >= 0.6 is 0 Å². The van der Waals surface area contributed by atoms with Crippen LogP contribution in [0.1, 0.15) is 25.2 Å². The number of rotatable bonds is 4. The molecule has 0 bridgehead atoms.